The van der Waals surface area contributed by atoms with Crippen molar-refractivity contribution in [3.8, 4) is 0 Å². The molecule has 0 spiro atoms. The highest BCUT2D eigenvalue weighted by Gasteiger charge is 2.28. The average molecular weight is 279 g/mol. The van der Waals surface area contributed by atoms with E-state index in [0.717, 1.165) is 0 Å². The minimum atomic E-state index is -1.68. The van der Waals surface area contributed by atoms with E-state index in [4.69, 9.17) is 10.5 Å². The van der Waals surface area contributed by atoms with Crippen molar-refractivity contribution in [2.75, 3.05) is 5.73 Å². The minimum absolute atomic E-state index is 0.258. The fraction of sp³-hybridized carbons (Fsp3) is 0.500. The van der Waals surface area contributed by atoms with Crippen LogP contribution in [0.2, 0.25) is 0 Å². The van der Waals surface area contributed by atoms with Crippen LogP contribution in [-0.2, 0) is 4.74 Å². The molecule has 1 aromatic carbocycles. The van der Waals surface area contributed by atoms with Crippen LogP contribution < -0.4 is 11.2 Å². The van der Waals surface area contributed by atoms with Crippen LogP contribution in [0.1, 0.15) is 47.8 Å². The predicted molar refractivity (Wildman–Crippen MR) is 80.1 cm³/mol. The van der Waals surface area contributed by atoms with E-state index in [1.54, 1.807) is 41.5 Å². The number of ether oxygens (including phenoxy) is 1. The summed E-state index contributed by atoms with van der Waals surface area (Å²) in [4.78, 5) is 12.3. The van der Waals surface area contributed by atoms with Crippen LogP contribution in [0, 0.1) is 20.8 Å². The molecule has 1 rings (SSSR count). The highest BCUT2D eigenvalue weighted by atomic mass is 16.6. The molecule has 0 aromatic heterocycles. The highest BCUT2D eigenvalue weighted by molar-refractivity contribution is 6.60. The molecule has 0 amide bonds. The van der Waals surface area contributed by atoms with Crippen molar-refractivity contribution in [2.24, 2.45) is 0 Å². The first-order chi connectivity index (χ1) is 8.97. The Kier molecular flexibility index (Phi) is 4.51. The van der Waals surface area contributed by atoms with E-state index in [1.807, 2.05) is 0 Å². The van der Waals surface area contributed by atoms with Crippen LogP contribution in [-0.4, -0.2) is 28.7 Å². The van der Waals surface area contributed by atoms with Gasteiger partial charge in [-0.05, 0) is 63.7 Å². The Morgan fingerprint density at radius 1 is 1.10 bits per heavy atom. The molecule has 0 atom stereocenters. The van der Waals surface area contributed by atoms with E-state index in [9.17, 15) is 14.8 Å². The first-order valence-electron chi connectivity index (χ1n) is 6.46. The summed E-state index contributed by atoms with van der Waals surface area (Å²) < 4.78 is 5.36. The van der Waals surface area contributed by atoms with Gasteiger partial charge < -0.3 is 20.5 Å². The number of carbonyl (C=O) groups is 1. The fourth-order valence-electron chi connectivity index (χ4n) is 2.28. The van der Waals surface area contributed by atoms with Gasteiger partial charge in [0.25, 0.3) is 0 Å². The maximum atomic E-state index is 12.3. The van der Waals surface area contributed by atoms with Gasteiger partial charge in [-0.2, -0.15) is 0 Å². The summed E-state index contributed by atoms with van der Waals surface area (Å²) in [6, 6.07) is 0. The number of nitrogens with two attached hydrogens (primary N) is 1. The minimum Gasteiger partial charge on any atom is -0.456 e. The summed E-state index contributed by atoms with van der Waals surface area (Å²) in [5.74, 6) is -0.513. The first kappa shape index (κ1) is 16.5. The van der Waals surface area contributed by atoms with Crippen molar-refractivity contribution in [1.82, 2.24) is 0 Å². The van der Waals surface area contributed by atoms with Crippen LogP contribution >= 0.6 is 0 Å². The lowest BCUT2D eigenvalue weighted by Gasteiger charge is -2.23. The van der Waals surface area contributed by atoms with E-state index in [0.29, 0.717) is 27.9 Å². The molecule has 0 aliphatic heterocycles. The van der Waals surface area contributed by atoms with E-state index in [2.05, 4.69) is 0 Å². The molecule has 0 unspecified atom stereocenters. The Balaban J connectivity index is 3.52. The van der Waals surface area contributed by atoms with E-state index in [1.165, 1.54) is 0 Å². The summed E-state index contributed by atoms with van der Waals surface area (Å²) in [5.41, 5.74) is 7.91. The lowest BCUT2D eigenvalue weighted by Crippen LogP contribution is -2.37. The molecule has 0 fully saturated rings. The molecule has 5 nitrogen and oxygen atoms in total. The Morgan fingerprint density at radius 2 is 1.60 bits per heavy atom. The molecule has 110 valence electrons. The monoisotopic (exact) mass is 279 g/mol. The fourth-order valence-corrected chi connectivity index (χ4v) is 2.28. The third-order valence-electron chi connectivity index (χ3n) is 3.23. The van der Waals surface area contributed by atoms with Gasteiger partial charge in [0, 0.05) is 5.69 Å². The second kappa shape index (κ2) is 5.46. The van der Waals surface area contributed by atoms with E-state index in [-0.39, 0.29) is 5.46 Å². The summed E-state index contributed by atoms with van der Waals surface area (Å²) in [6.07, 6.45) is 0. The molecule has 0 saturated heterocycles. The molecular formula is C14H22BNO4. The zero-order valence-electron chi connectivity index (χ0n) is 12.9. The highest BCUT2D eigenvalue weighted by Crippen LogP contribution is 2.25. The van der Waals surface area contributed by atoms with Gasteiger partial charge in [-0.25, -0.2) is 4.79 Å². The zero-order chi connectivity index (χ0) is 15.8. The zero-order valence-corrected chi connectivity index (χ0v) is 12.9. The second-order valence-electron chi connectivity index (χ2n) is 5.95. The number of rotatable bonds is 2. The van der Waals surface area contributed by atoms with Crippen LogP contribution in [0.5, 0.6) is 0 Å². The number of hydrogen-bond acceptors (Lipinski definition) is 5. The number of nitrogen functional groups attached to an aromatic ring is 1. The standard InChI is InChI=1S/C14H22BNO4/c1-7-10(13(17)20-14(4,5)6)8(2)12(16)9(3)11(7)15(18)19/h18-19H,16H2,1-6H3. The molecule has 0 aliphatic carbocycles. The van der Waals surface area contributed by atoms with Gasteiger partial charge in [0.2, 0.25) is 0 Å². The SMILES string of the molecule is Cc1c(N)c(C)c(C(=O)OC(C)(C)C)c(C)c1B(O)O. The molecule has 0 radical (unpaired) electrons. The van der Waals surface area contributed by atoms with E-state index >= 15 is 0 Å². The van der Waals surface area contributed by atoms with Crippen molar-refractivity contribution < 1.29 is 19.6 Å². The number of esters is 1. The quantitative estimate of drug-likeness (QED) is 0.423. The summed E-state index contributed by atoms with van der Waals surface area (Å²) >= 11 is 0. The van der Waals surface area contributed by atoms with Crippen LogP contribution in [0.4, 0.5) is 5.69 Å². The summed E-state index contributed by atoms with van der Waals surface area (Å²) in [6.45, 7) is 10.4. The lowest BCUT2D eigenvalue weighted by atomic mass is 9.71. The third-order valence-corrected chi connectivity index (χ3v) is 3.23. The normalized spacial score (nSPS) is 11.4. The lowest BCUT2D eigenvalue weighted by molar-refractivity contribution is 0.00682. The summed E-state index contributed by atoms with van der Waals surface area (Å²) in [5, 5.41) is 19.0. The van der Waals surface area contributed by atoms with Crippen molar-refractivity contribution in [3.63, 3.8) is 0 Å². The van der Waals surface area contributed by atoms with Gasteiger partial charge in [0.05, 0.1) is 5.56 Å². The molecule has 4 N–H and O–H groups in total. The molecule has 0 heterocycles. The molecule has 0 saturated carbocycles. The third kappa shape index (κ3) is 3.14. The average Bonchev–Trinajstić information content (AvgIpc) is 2.23. The molecular weight excluding hydrogens is 257 g/mol. The van der Waals surface area contributed by atoms with Crippen LogP contribution in [0.25, 0.3) is 0 Å². The van der Waals surface area contributed by atoms with Gasteiger partial charge in [-0.3, -0.25) is 0 Å². The molecule has 0 aliphatic rings. The number of hydrogen-bond donors (Lipinski definition) is 3. The van der Waals surface area contributed by atoms with Crippen LogP contribution in [0.3, 0.4) is 0 Å². The summed E-state index contributed by atoms with van der Waals surface area (Å²) in [7, 11) is -1.68. The Hall–Kier alpha value is -1.53. The van der Waals surface area contributed by atoms with Gasteiger partial charge in [-0.15, -0.1) is 0 Å². The number of carbonyl (C=O) groups excluding carboxylic acids is 1. The number of anilines is 1. The first-order valence-corrected chi connectivity index (χ1v) is 6.46. The van der Waals surface area contributed by atoms with Gasteiger partial charge in [0.15, 0.2) is 0 Å². The van der Waals surface area contributed by atoms with Crippen molar-refractivity contribution in [3.05, 3.63) is 22.3 Å². The van der Waals surface area contributed by atoms with E-state index < -0.39 is 18.7 Å². The predicted octanol–water partition coefficient (Wildman–Crippen LogP) is 0.829. The number of benzene rings is 1. The second-order valence-corrected chi connectivity index (χ2v) is 5.95. The molecule has 1 aromatic rings. The molecule has 20 heavy (non-hydrogen) atoms. The maximum Gasteiger partial charge on any atom is 0.489 e. The Labute approximate surface area is 119 Å². The van der Waals surface area contributed by atoms with Crippen molar-refractivity contribution >= 4 is 24.2 Å². The smallest absolute Gasteiger partial charge is 0.456 e. The van der Waals surface area contributed by atoms with Gasteiger partial charge >= 0.3 is 13.1 Å². The van der Waals surface area contributed by atoms with Crippen molar-refractivity contribution in [2.45, 2.75) is 47.1 Å². The topological polar surface area (TPSA) is 92.8 Å². The van der Waals surface area contributed by atoms with Crippen LogP contribution in [0.15, 0.2) is 0 Å². The largest absolute Gasteiger partial charge is 0.489 e. The van der Waals surface area contributed by atoms with Gasteiger partial charge in [-0.1, -0.05) is 0 Å². The Bertz CT molecular complexity index is 547. The molecule has 6 heteroatoms. The van der Waals surface area contributed by atoms with Crippen molar-refractivity contribution in [1.29, 1.82) is 0 Å². The van der Waals surface area contributed by atoms with Gasteiger partial charge in [0.1, 0.15) is 5.60 Å². The molecule has 0 bridgehead atoms. The Morgan fingerprint density at radius 3 is 2.00 bits per heavy atom. The maximum absolute atomic E-state index is 12.3.